The number of rotatable bonds is 4. The normalized spacial score (nSPS) is 15.4. The van der Waals surface area contributed by atoms with Gasteiger partial charge in [0.15, 0.2) is 5.13 Å². The molecule has 4 rings (SSSR count). The molecule has 1 N–H and O–H groups in total. The van der Waals surface area contributed by atoms with E-state index in [1.165, 1.54) is 16.2 Å². The summed E-state index contributed by atoms with van der Waals surface area (Å²) in [6, 6.07) is 10.6. The lowest BCUT2D eigenvalue weighted by molar-refractivity contribution is 0.102. The molecule has 1 saturated heterocycles. The number of likely N-dealkylation sites (tertiary alicyclic amines) is 1. The van der Waals surface area contributed by atoms with Crippen LogP contribution in [0.2, 0.25) is 10.0 Å². The predicted molar refractivity (Wildman–Crippen MR) is 119 cm³/mol. The molecule has 150 valence electrons. The van der Waals surface area contributed by atoms with Gasteiger partial charge in [-0.15, -0.1) is 11.3 Å². The Hall–Kier alpha value is -1.99. The molecule has 1 aromatic carbocycles. The topological polar surface area (TPSA) is 58.1 Å². The van der Waals surface area contributed by atoms with Gasteiger partial charge in [-0.25, -0.2) is 4.98 Å². The third-order valence-electron chi connectivity index (χ3n) is 5.05. The number of piperidine rings is 1. The Morgan fingerprint density at radius 2 is 1.97 bits per heavy atom. The number of thiazole rings is 1. The van der Waals surface area contributed by atoms with Gasteiger partial charge in [-0.2, -0.15) is 0 Å². The van der Waals surface area contributed by atoms with E-state index in [0.717, 1.165) is 37.3 Å². The highest BCUT2D eigenvalue weighted by atomic mass is 35.5. The standard InChI is InChI=1S/C21H20Cl2N4OS/c1-27-10-7-13(8-11-27)19-18(17-4-2-3-9-24-17)25-21(29-19)26-20(28)14-5-6-15(22)16(23)12-14/h2-6,9,12-13H,7-8,10-11H2,1H3,(H,25,26,28). The van der Waals surface area contributed by atoms with Crippen LogP contribution in [0.3, 0.4) is 0 Å². The number of nitrogens with one attached hydrogen (secondary N) is 1. The smallest absolute Gasteiger partial charge is 0.257 e. The first-order valence-electron chi connectivity index (χ1n) is 9.38. The maximum atomic E-state index is 12.7. The summed E-state index contributed by atoms with van der Waals surface area (Å²) in [6.07, 6.45) is 3.90. The van der Waals surface area contributed by atoms with Crippen molar-refractivity contribution < 1.29 is 4.79 Å². The van der Waals surface area contributed by atoms with E-state index in [0.29, 0.717) is 26.7 Å². The minimum atomic E-state index is -0.264. The van der Waals surface area contributed by atoms with E-state index in [4.69, 9.17) is 28.2 Å². The van der Waals surface area contributed by atoms with Crippen LogP contribution in [0, 0.1) is 0 Å². The van der Waals surface area contributed by atoms with Crippen LogP contribution < -0.4 is 5.32 Å². The van der Waals surface area contributed by atoms with E-state index in [1.54, 1.807) is 24.4 Å². The Bertz CT molecular complexity index is 1020. The summed E-state index contributed by atoms with van der Waals surface area (Å²) in [6.45, 7) is 2.10. The van der Waals surface area contributed by atoms with Crippen molar-refractivity contribution >= 4 is 45.6 Å². The highest BCUT2D eigenvalue weighted by Crippen LogP contribution is 2.40. The Morgan fingerprint density at radius 1 is 1.17 bits per heavy atom. The summed E-state index contributed by atoms with van der Waals surface area (Å²) in [7, 11) is 2.14. The van der Waals surface area contributed by atoms with Crippen molar-refractivity contribution in [3.8, 4) is 11.4 Å². The zero-order chi connectivity index (χ0) is 20.4. The monoisotopic (exact) mass is 446 g/mol. The van der Waals surface area contributed by atoms with Crippen LogP contribution in [-0.4, -0.2) is 40.9 Å². The van der Waals surface area contributed by atoms with Crippen molar-refractivity contribution in [1.29, 1.82) is 0 Å². The van der Waals surface area contributed by atoms with Crippen molar-refractivity contribution in [2.24, 2.45) is 0 Å². The average molecular weight is 447 g/mol. The van der Waals surface area contributed by atoms with E-state index in [2.05, 4.69) is 22.2 Å². The lowest BCUT2D eigenvalue weighted by atomic mass is 9.94. The first kappa shape index (κ1) is 20.3. The lowest BCUT2D eigenvalue weighted by Gasteiger charge is -2.28. The van der Waals surface area contributed by atoms with Gasteiger partial charge in [0.05, 0.1) is 15.7 Å². The van der Waals surface area contributed by atoms with E-state index in [1.807, 2.05) is 18.2 Å². The van der Waals surface area contributed by atoms with Crippen molar-refractivity contribution in [3.63, 3.8) is 0 Å². The summed E-state index contributed by atoms with van der Waals surface area (Å²) in [4.78, 5) is 25.4. The highest BCUT2D eigenvalue weighted by Gasteiger charge is 2.26. The molecule has 2 aromatic heterocycles. The second-order valence-electron chi connectivity index (χ2n) is 7.11. The number of carbonyl (C=O) groups is 1. The fraction of sp³-hybridized carbons (Fsp3) is 0.286. The summed E-state index contributed by atoms with van der Waals surface area (Å²) in [5.74, 6) is 0.149. The predicted octanol–water partition coefficient (Wildman–Crippen LogP) is 5.57. The summed E-state index contributed by atoms with van der Waals surface area (Å²) in [5, 5.41) is 4.24. The molecule has 0 bridgehead atoms. The molecule has 1 amide bonds. The Kier molecular flexibility index (Phi) is 6.15. The van der Waals surface area contributed by atoms with Crippen LogP contribution in [0.5, 0.6) is 0 Å². The molecule has 3 heterocycles. The van der Waals surface area contributed by atoms with E-state index in [9.17, 15) is 4.79 Å². The molecule has 0 spiro atoms. The number of halogens is 2. The van der Waals surface area contributed by atoms with E-state index in [-0.39, 0.29) is 5.91 Å². The van der Waals surface area contributed by atoms with Crippen LogP contribution in [0.4, 0.5) is 5.13 Å². The molecule has 0 radical (unpaired) electrons. The van der Waals surface area contributed by atoms with Gasteiger partial charge in [-0.3, -0.25) is 15.1 Å². The number of benzene rings is 1. The number of carbonyl (C=O) groups excluding carboxylic acids is 1. The molecule has 0 aliphatic carbocycles. The molecular weight excluding hydrogens is 427 g/mol. The molecule has 8 heteroatoms. The van der Waals surface area contributed by atoms with Crippen LogP contribution in [0.15, 0.2) is 42.6 Å². The number of amides is 1. The van der Waals surface area contributed by atoms with Gasteiger partial charge in [-0.05, 0) is 69.2 Å². The van der Waals surface area contributed by atoms with Crippen molar-refractivity contribution in [2.45, 2.75) is 18.8 Å². The minimum absolute atomic E-state index is 0.264. The molecule has 1 fully saturated rings. The fourth-order valence-corrected chi connectivity index (χ4v) is 4.86. The van der Waals surface area contributed by atoms with Crippen LogP contribution >= 0.6 is 34.5 Å². The van der Waals surface area contributed by atoms with Gasteiger partial charge in [0.25, 0.3) is 5.91 Å². The molecule has 1 aliphatic rings. The molecule has 0 atom stereocenters. The van der Waals surface area contributed by atoms with Crippen molar-refractivity contribution in [1.82, 2.24) is 14.9 Å². The third kappa shape index (κ3) is 4.61. The molecule has 0 unspecified atom stereocenters. The molecule has 5 nitrogen and oxygen atoms in total. The van der Waals surface area contributed by atoms with E-state index < -0.39 is 0 Å². The van der Waals surface area contributed by atoms with Crippen LogP contribution in [-0.2, 0) is 0 Å². The second-order valence-corrected chi connectivity index (χ2v) is 8.95. The number of pyridine rings is 1. The number of anilines is 1. The first-order valence-corrected chi connectivity index (χ1v) is 11.0. The maximum Gasteiger partial charge on any atom is 0.257 e. The van der Waals surface area contributed by atoms with Crippen LogP contribution in [0.1, 0.15) is 34.0 Å². The molecule has 1 aliphatic heterocycles. The van der Waals surface area contributed by atoms with Gasteiger partial charge in [-0.1, -0.05) is 29.3 Å². The fourth-order valence-electron chi connectivity index (χ4n) is 3.43. The Balaban J connectivity index is 1.63. The summed E-state index contributed by atoms with van der Waals surface area (Å²) < 4.78 is 0. The van der Waals surface area contributed by atoms with Gasteiger partial charge in [0, 0.05) is 16.6 Å². The lowest BCUT2D eigenvalue weighted by Crippen LogP contribution is -2.29. The Morgan fingerprint density at radius 3 is 2.66 bits per heavy atom. The van der Waals surface area contributed by atoms with Gasteiger partial charge in [0.1, 0.15) is 5.69 Å². The number of hydrogen-bond acceptors (Lipinski definition) is 5. The number of aromatic nitrogens is 2. The van der Waals surface area contributed by atoms with Gasteiger partial charge < -0.3 is 4.90 Å². The third-order valence-corrected chi connectivity index (χ3v) is 6.92. The Labute approximate surface area is 183 Å². The largest absolute Gasteiger partial charge is 0.306 e. The SMILES string of the molecule is CN1CCC(c2sc(NC(=O)c3ccc(Cl)c(Cl)c3)nc2-c2ccccn2)CC1. The summed E-state index contributed by atoms with van der Waals surface area (Å²) >= 11 is 13.5. The molecule has 29 heavy (non-hydrogen) atoms. The molecule has 0 saturated carbocycles. The van der Waals surface area contributed by atoms with E-state index >= 15 is 0 Å². The molecular formula is C21H20Cl2N4OS. The zero-order valence-electron chi connectivity index (χ0n) is 15.9. The average Bonchev–Trinajstić information content (AvgIpc) is 3.15. The van der Waals surface area contributed by atoms with Crippen molar-refractivity contribution in [2.75, 3.05) is 25.5 Å². The quantitative estimate of drug-likeness (QED) is 0.568. The summed E-state index contributed by atoms with van der Waals surface area (Å²) in [5.41, 5.74) is 2.12. The minimum Gasteiger partial charge on any atom is -0.306 e. The number of nitrogens with zero attached hydrogens (tertiary/aromatic N) is 3. The van der Waals surface area contributed by atoms with Gasteiger partial charge >= 0.3 is 0 Å². The van der Waals surface area contributed by atoms with Crippen LogP contribution in [0.25, 0.3) is 11.4 Å². The molecule has 3 aromatic rings. The highest BCUT2D eigenvalue weighted by molar-refractivity contribution is 7.16. The zero-order valence-corrected chi connectivity index (χ0v) is 18.2. The maximum absolute atomic E-state index is 12.7. The van der Waals surface area contributed by atoms with Gasteiger partial charge in [0.2, 0.25) is 0 Å². The van der Waals surface area contributed by atoms with Crippen molar-refractivity contribution in [3.05, 3.63) is 63.1 Å². The second kappa shape index (κ2) is 8.79. The number of hydrogen-bond donors (Lipinski definition) is 1. The first-order chi connectivity index (χ1) is 14.0.